The summed E-state index contributed by atoms with van der Waals surface area (Å²) in [7, 11) is 3.29. The average Bonchev–Trinajstić information content (AvgIpc) is 3.33. The number of methoxy groups -OCH3 is 2. The van der Waals surface area contributed by atoms with Gasteiger partial charge in [0, 0.05) is 18.2 Å². The lowest BCUT2D eigenvalue weighted by molar-refractivity contribution is -0.130. The van der Waals surface area contributed by atoms with Gasteiger partial charge in [0.05, 0.1) is 31.7 Å². The van der Waals surface area contributed by atoms with Crippen LogP contribution >= 0.6 is 11.8 Å². The molecule has 5 rings (SSSR count). The fourth-order valence-electron chi connectivity index (χ4n) is 4.86. The minimum atomic E-state index is -0.248. The first-order valence-corrected chi connectivity index (χ1v) is 13.1. The molecule has 0 spiro atoms. The standard InChI is InChI=1S/C28H28N4O4S/c1-35-21-10-6-18(7-11-21)16-20-4-3-5-23-26(20)31-32(27(23)19-8-12-22(36-2)13-9-19)25(34)17-37-28-29-15-14-24(33)30-28/h6-16,23,27H,3-5,17H2,1-2H3,(H,29,30,33). The molecule has 1 amide bonds. The van der Waals surface area contributed by atoms with Crippen LogP contribution in [-0.4, -0.2) is 46.6 Å². The van der Waals surface area contributed by atoms with Gasteiger partial charge in [-0.15, -0.1) is 0 Å². The summed E-state index contributed by atoms with van der Waals surface area (Å²) in [5, 5.41) is 6.96. The molecule has 0 radical (unpaired) electrons. The van der Waals surface area contributed by atoms with Gasteiger partial charge >= 0.3 is 0 Å². The molecule has 8 nitrogen and oxygen atoms in total. The van der Waals surface area contributed by atoms with E-state index in [0.29, 0.717) is 5.16 Å². The van der Waals surface area contributed by atoms with Crippen molar-refractivity contribution >= 4 is 29.5 Å². The molecule has 0 saturated heterocycles. The first kappa shape index (κ1) is 24.8. The molecule has 3 aromatic rings. The van der Waals surface area contributed by atoms with Crippen LogP contribution in [0.5, 0.6) is 11.5 Å². The number of carbonyl (C=O) groups is 1. The van der Waals surface area contributed by atoms with Gasteiger partial charge in [0.2, 0.25) is 0 Å². The Bertz CT molecular complexity index is 1380. The number of carbonyl (C=O) groups excluding carboxylic acids is 1. The molecule has 1 saturated carbocycles. The van der Waals surface area contributed by atoms with Gasteiger partial charge in [-0.3, -0.25) is 9.59 Å². The Labute approximate surface area is 219 Å². The molecule has 2 unspecified atom stereocenters. The number of nitrogens with one attached hydrogen (secondary N) is 1. The molecule has 1 aromatic heterocycles. The van der Waals surface area contributed by atoms with Crippen molar-refractivity contribution in [3.8, 4) is 11.5 Å². The molecular weight excluding hydrogens is 488 g/mol. The number of H-pyrrole nitrogens is 1. The Balaban J connectivity index is 1.46. The largest absolute Gasteiger partial charge is 0.497 e. The maximum Gasteiger partial charge on any atom is 0.253 e. The Morgan fingerprint density at radius 3 is 2.46 bits per heavy atom. The molecule has 1 aliphatic heterocycles. The van der Waals surface area contributed by atoms with Crippen molar-refractivity contribution in [2.75, 3.05) is 20.0 Å². The van der Waals surface area contributed by atoms with E-state index in [-0.39, 0.29) is 29.2 Å². The van der Waals surface area contributed by atoms with Gasteiger partial charge in [-0.1, -0.05) is 36.0 Å². The third-order valence-corrected chi connectivity index (χ3v) is 7.52. The quantitative estimate of drug-likeness (QED) is 0.361. The molecule has 2 atom stereocenters. The molecule has 2 aromatic carbocycles. The van der Waals surface area contributed by atoms with Crippen molar-refractivity contribution < 1.29 is 14.3 Å². The van der Waals surface area contributed by atoms with E-state index in [2.05, 4.69) is 16.0 Å². The predicted molar refractivity (Wildman–Crippen MR) is 144 cm³/mol. The van der Waals surface area contributed by atoms with Gasteiger partial charge in [-0.2, -0.15) is 5.10 Å². The number of allylic oxidation sites excluding steroid dienone is 1. The van der Waals surface area contributed by atoms with Crippen LogP contribution in [0.4, 0.5) is 0 Å². The van der Waals surface area contributed by atoms with Gasteiger partial charge in [0.25, 0.3) is 11.5 Å². The minimum Gasteiger partial charge on any atom is -0.497 e. The highest BCUT2D eigenvalue weighted by Gasteiger charge is 2.43. The number of nitrogens with zero attached hydrogens (tertiary/aromatic N) is 3. The monoisotopic (exact) mass is 516 g/mol. The van der Waals surface area contributed by atoms with Crippen LogP contribution < -0.4 is 15.0 Å². The molecule has 2 aliphatic rings. The topological polar surface area (TPSA) is 96.9 Å². The Morgan fingerprint density at radius 2 is 1.78 bits per heavy atom. The van der Waals surface area contributed by atoms with Crippen LogP contribution in [-0.2, 0) is 4.79 Å². The Kier molecular flexibility index (Phi) is 7.41. The number of aromatic nitrogens is 2. The number of hydrogen-bond acceptors (Lipinski definition) is 7. The first-order chi connectivity index (χ1) is 18.1. The summed E-state index contributed by atoms with van der Waals surface area (Å²) < 4.78 is 10.6. The summed E-state index contributed by atoms with van der Waals surface area (Å²) in [5.41, 5.74) is 3.95. The molecule has 0 bridgehead atoms. The predicted octanol–water partition coefficient (Wildman–Crippen LogP) is 4.70. The van der Waals surface area contributed by atoms with Crippen molar-refractivity contribution in [2.24, 2.45) is 11.0 Å². The van der Waals surface area contributed by atoms with Gasteiger partial charge in [-0.25, -0.2) is 9.99 Å². The summed E-state index contributed by atoms with van der Waals surface area (Å²) in [6.45, 7) is 0. The zero-order valence-corrected chi connectivity index (χ0v) is 21.5. The summed E-state index contributed by atoms with van der Waals surface area (Å²) in [5.74, 6) is 1.64. The fraction of sp³-hybridized carbons (Fsp3) is 0.286. The Hall–Kier alpha value is -3.85. The number of hydrogen-bond donors (Lipinski definition) is 1. The number of thioether (sulfide) groups is 1. The van der Waals surface area contributed by atoms with E-state index in [1.165, 1.54) is 24.0 Å². The van der Waals surface area contributed by atoms with Crippen LogP contribution in [0.3, 0.4) is 0 Å². The fourth-order valence-corrected chi connectivity index (χ4v) is 5.56. The zero-order chi connectivity index (χ0) is 25.8. The van der Waals surface area contributed by atoms with Crippen molar-refractivity contribution in [3.05, 3.63) is 87.8 Å². The van der Waals surface area contributed by atoms with E-state index in [1.807, 2.05) is 48.5 Å². The lowest BCUT2D eigenvalue weighted by Crippen LogP contribution is -2.33. The number of rotatable bonds is 7. The third-order valence-electron chi connectivity index (χ3n) is 6.65. The average molecular weight is 517 g/mol. The highest BCUT2D eigenvalue weighted by Crippen LogP contribution is 2.45. The van der Waals surface area contributed by atoms with Gasteiger partial charge in [0.15, 0.2) is 5.16 Å². The van der Waals surface area contributed by atoms with E-state index in [4.69, 9.17) is 14.6 Å². The van der Waals surface area contributed by atoms with Crippen molar-refractivity contribution in [1.82, 2.24) is 15.0 Å². The molecule has 1 N–H and O–H groups in total. The molecule has 2 heterocycles. The highest BCUT2D eigenvalue weighted by molar-refractivity contribution is 7.99. The number of amides is 1. The van der Waals surface area contributed by atoms with Crippen molar-refractivity contribution in [2.45, 2.75) is 30.5 Å². The number of ether oxygens (including phenoxy) is 2. The lowest BCUT2D eigenvalue weighted by atomic mass is 9.77. The Morgan fingerprint density at radius 1 is 1.08 bits per heavy atom. The van der Waals surface area contributed by atoms with E-state index in [0.717, 1.165) is 53.2 Å². The van der Waals surface area contributed by atoms with Gasteiger partial charge in [-0.05, 0) is 66.3 Å². The van der Waals surface area contributed by atoms with Crippen LogP contribution in [0.1, 0.15) is 36.4 Å². The van der Waals surface area contributed by atoms with E-state index in [9.17, 15) is 9.59 Å². The van der Waals surface area contributed by atoms with Crippen LogP contribution in [0.2, 0.25) is 0 Å². The minimum absolute atomic E-state index is 0.0928. The summed E-state index contributed by atoms with van der Waals surface area (Å²) in [6.07, 6.45) is 6.47. The second-order valence-electron chi connectivity index (χ2n) is 8.91. The maximum atomic E-state index is 13.5. The van der Waals surface area contributed by atoms with E-state index >= 15 is 0 Å². The second-order valence-corrected chi connectivity index (χ2v) is 9.87. The van der Waals surface area contributed by atoms with Gasteiger partial charge < -0.3 is 14.5 Å². The van der Waals surface area contributed by atoms with Gasteiger partial charge in [0.1, 0.15) is 11.5 Å². The van der Waals surface area contributed by atoms with E-state index < -0.39 is 0 Å². The maximum absolute atomic E-state index is 13.5. The summed E-state index contributed by atoms with van der Waals surface area (Å²) in [6, 6.07) is 16.9. The SMILES string of the molecule is COc1ccc(C=C2CCCC3C2=NN(C(=O)CSc2nccc(=O)[nH]2)C3c2ccc(OC)cc2)cc1. The van der Waals surface area contributed by atoms with Crippen molar-refractivity contribution in [1.29, 1.82) is 0 Å². The number of hydrazone groups is 1. The smallest absolute Gasteiger partial charge is 0.253 e. The highest BCUT2D eigenvalue weighted by atomic mass is 32.2. The lowest BCUT2D eigenvalue weighted by Gasteiger charge is -2.29. The zero-order valence-electron chi connectivity index (χ0n) is 20.7. The third kappa shape index (κ3) is 5.46. The first-order valence-electron chi connectivity index (χ1n) is 12.1. The normalized spacial score (nSPS) is 19.9. The van der Waals surface area contributed by atoms with Crippen LogP contribution in [0, 0.1) is 5.92 Å². The molecule has 1 fully saturated rings. The van der Waals surface area contributed by atoms with Crippen LogP contribution in [0.15, 0.2) is 81.4 Å². The molecule has 37 heavy (non-hydrogen) atoms. The molecular formula is C28H28N4O4S. The number of benzene rings is 2. The number of aromatic amines is 1. The van der Waals surface area contributed by atoms with Crippen molar-refractivity contribution in [3.63, 3.8) is 0 Å². The molecule has 190 valence electrons. The molecule has 1 aliphatic carbocycles. The van der Waals surface area contributed by atoms with E-state index in [1.54, 1.807) is 19.2 Å². The number of fused-ring (bicyclic) bond motifs is 1. The summed E-state index contributed by atoms with van der Waals surface area (Å²) in [4.78, 5) is 31.9. The summed E-state index contributed by atoms with van der Waals surface area (Å²) >= 11 is 1.20. The molecule has 9 heteroatoms. The second kappa shape index (κ2) is 11.0. The van der Waals surface area contributed by atoms with Crippen LogP contribution in [0.25, 0.3) is 6.08 Å².